The van der Waals surface area contributed by atoms with Crippen molar-refractivity contribution in [1.29, 1.82) is 0 Å². The number of ether oxygens (including phenoxy) is 2. The lowest BCUT2D eigenvalue weighted by molar-refractivity contribution is -0.152. The molecule has 0 aliphatic rings. The van der Waals surface area contributed by atoms with Gasteiger partial charge in [-0.2, -0.15) is 0 Å². The van der Waals surface area contributed by atoms with Crippen LogP contribution >= 0.6 is 0 Å². The van der Waals surface area contributed by atoms with E-state index in [-0.39, 0.29) is 11.4 Å². The molecule has 1 aromatic heterocycles. The quantitative estimate of drug-likeness (QED) is 0.174. The van der Waals surface area contributed by atoms with Gasteiger partial charge in [-0.05, 0) is 81.8 Å². The Morgan fingerprint density at radius 1 is 1.00 bits per heavy atom. The first-order valence-electron chi connectivity index (χ1n) is 14.6. The molecule has 1 heterocycles. The Labute approximate surface area is 235 Å². The molecule has 0 aliphatic carbocycles. The molecule has 1 N–H and O–H groups in total. The topological polar surface area (TPSA) is 65.4 Å². The van der Waals surface area contributed by atoms with E-state index in [1.165, 1.54) is 16.9 Å². The lowest BCUT2D eigenvalue weighted by Crippen LogP contribution is -2.33. The third-order valence-electron chi connectivity index (χ3n) is 7.29. The summed E-state index contributed by atoms with van der Waals surface area (Å²) in [5.74, 6) is 1.38. The number of hydrogen-bond acceptors (Lipinski definition) is 5. The van der Waals surface area contributed by atoms with Gasteiger partial charge < -0.3 is 19.4 Å². The fourth-order valence-electron chi connectivity index (χ4n) is 4.76. The molecule has 0 bridgehead atoms. The normalized spacial score (nSPS) is 13.1. The number of carbonyl (C=O) groups excluding carboxylic acids is 1. The van der Waals surface area contributed by atoms with Crippen molar-refractivity contribution in [2.75, 3.05) is 32.9 Å². The molecule has 214 valence electrons. The summed E-state index contributed by atoms with van der Waals surface area (Å²) in [6.45, 7) is 18.9. The van der Waals surface area contributed by atoms with Gasteiger partial charge in [0.1, 0.15) is 5.82 Å². The standard InChI is InChI=1S/C33H49N3O3/c1-8-26(30-35-28-12-10-11-13-29(28)36(30)22-23-38-9-2)19-21-34-20-18-25-14-16-27(17-15-25)33(6,7)31(37)39-24-32(3,4)5/h10-17,26,34H,8-9,18-24H2,1-7H3. The van der Waals surface area contributed by atoms with E-state index in [2.05, 4.69) is 86.1 Å². The second-order valence-electron chi connectivity index (χ2n) is 12.2. The fraction of sp³-hybridized carbons (Fsp3) is 0.576. The third-order valence-corrected chi connectivity index (χ3v) is 7.29. The summed E-state index contributed by atoms with van der Waals surface area (Å²) in [6.07, 6.45) is 3.03. The molecular formula is C33H49N3O3. The molecule has 0 fully saturated rings. The minimum absolute atomic E-state index is 0.0434. The van der Waals surface area contributed by atoms with Gasteiger partial charge in [0.15, 0.2) is 0 Å². The highest BCUT2D eigenvalue weighted by molar-refractivity contribution is 5.82. The van der Waals surface area contributed by atoms with E-state index < -0.39 is 5.41 Å². The number of carbonyl (C=O) groups is 1. The van der Waals surface area contributed by atoms with E-state index in [4.69, 9.17) is 14.5 Å². The molecule has 39 heavy (non-hydrogen) atoms. The molecule has 0 saturated heterocycles. The zero-order chi connectivity index (χ0) is 28.5. The van der Waals surface area contributed by atoms with Gasteiger partial charge in [0.05, 0.1) is 29.7 Å². The second kappa shape index (κ2) is 14.1. The number of rotatable bonds is 15. The number of nitrogens with one attached hydrogen (secondary N) is 1. The lowest BCUT2D eigenvalue weighted by Gasteiger charge is -2.26. The molecule has 0 radical (unpaired) electrons. The number of para-hydroxylation sites is 2. The number of nitrogens with zero attached hydrogens (tertiary/aromatic N) is 2. The number of aromatic nitrogens is 2. The van der Waals surface area contributed by atoms with Crippen LogP contribution < -0.4 is 5.32 Å². The smallest absolute Gasteiger partial charge is 0.316 e. The molecular weight excluding hydrogens is 486 g/mol. The summed E-state index contributed by atoms with van der Waals surface area (Å²) in [5, 5.41) is 3.63. The highest BCUT2D eigenvalue weighted by Gasteiger charge is 2.32. The van der Waals surface area contributed by atoms with Crippen molar-refractivity contribution in [2.45, 2.75) is 85.6 Å². The van der Waals surface area contributed by atoms with E-state index in [9.17, 15) is 4.79 Å². The molecule has 0 saturated carbocycles. The second-order valence-corrected chi connectivity index (χ2v) is 12.2. The maximum absolute atomic E-state index is 12.7. The Morgan fingerprint density at radius 3 is 2.38 bits per heavy atom. The molecule has 0 aliphatic heterocycles. The zero-order valence-electron chi connectivity index (χ0n) is 25.2. The van der Waals surface area contributed by atoms with Crippen molar-refractivity contribution in [3.63, 3.8) is 0 Å². The lowest BCUT2D eigenvalue weighted by atomic mass is 9.84. The Balaban J connectivity index is 1.51. The highest BCUT2D eigenvalue weighted by atomic mass is 16.5. The van der Waals surface area contributed by atoms with Crippen LogP contribution in [0.25, 0.3) is 11.0 Å². The average molecular weight is 536 g/mol. The van der Waals surface area contributed by atoms with Crippen molar-refractivity contribution in [2.24, 2.45) is 5.41 Å². The van der Waals surface area contributed by atoms with E-state index >= 15 is 0 Å². The van der Waals surface area contributed by atoms with E-state index in [0.717, 1.165) is 56.6 Å². The Kier molecular flexibility index (Phi) is 11.1. The number of fused-ring (bicyclic) bond motifs is 1. The Bertz CT molecular complexity index is 1180. The van der Waals surface area contributed by atoms with E-state index in [1.54, 1.807) is 0 Å². The maximum Gasteiger partial charge on any atom is 0.316 e. The maximum atomic E-state index is 12.7. The first kappa shape index (κ1) is 30.8. The Morgan fingerprint density at radius 2 is 1.72 bits per heavy atom. The van der Waals surface area contributed by atoms with E-state index in [1.807, 2.05) is 20.8 Å². The SMILES string of the molecule is CCOCCn1c(C(CC)CCNCCc2ccc(C(C)(C)C(=O)OCC(C)(C)C)cc2)nc2ccccc21. The van der Waals surface area contributed by atoms with Gasteiger partial charge in [0.25, 0.3) is 0 Å². The van der Waals surface area contributed by atoms with Crippen LogP contribution in [-0.2, 0) is 32.6 Å². The zero-order valence-corrected chi connectivity index (χ0v) is 25.2. The molecule has 0 amide bonds. The molecule has 1 atom stereocenters. The predicted octanol–water partition coefficient (Wildman–Crippen LogP) is 6.66. The van der Waals surface area contributed by atoms with E-state index in [0.29, 0.717) is 19.1 Å². The van der Waals surface area contributed by atoms with Crippen LogP contribution in [0.2, 0.25) is 0 Å². The first-order chi connectivity index (χ1) is 18.6. The summed E-state index contributed by atoms with van der Waals surface area (Å²) >= 11 is 0. The van der Waals surface area contributed by atoms with Gasteiger partial charge in [-0.3, -0.25) is 4.79 Å². The summed E-state index contributed by atoms with van der Waals surface area (Å²) < 4.78 is 13.6. The fourth-order valence-corrected chi connectivity index (χ4v) is 4.76. The van der Waals surface area contributed by atoms with Crippen LogP contribution in [-0.4, -0.2) is 48.4 Å². The average Bonchev–Trinajstić information content (AvgIpc) is 3.27. The van der Waals surface area contributed by atoms with Gasteiger partial charge in [-0.15, -0.1) is 0 Å². The summed E-state index contributed by atoms with van der Waals surface area (Å²) in [4.78, 5) is 17.7. The molecule has 0 spiro atoms. The van der Waals surface area contributed by atoms with Gasteiger partial charge >= 0.3 is 5.97 Å². The largest absolute Gasteiger partial charge is 0.464 e. The van der Waals surface area contributed by atoms with Gasteiger partial charge in [0, 0.05) is 19.1 Å². The number of benzene rings is 2. The monoisotopic (exact) mass is 535 g/mol. The van der Waals surface area contributed by atoms with Crippen LogP contribution in [0.5, 0.6) is 0 Å². The summed E-state index contributed by atoms with van der Waals surface area (Å²) in [6, 6.07) is 16.8. The molecule has 3 rings (SSSR count). The van der Waals surface area contributed by atoms with Crippen LogP contribution in [0.15, 0.2) is 48.5 Å². The van der Waals surface area contributed by atoms with Gasteiger partial charge in [-0.1, -0.05) is 64.1 Å². The van der Waals surface area contributed by atoms with Crippen LogP contribution in [0, 0.1) is 5.41 Å². The summed E-state index contributed by atoms with van der Waals surface area (Å²) in [5.41, 5.74) is 3.78. The molecule has 2 aromatic carbocycles. The van der Waals surface area contributed by atoms with Gasteiger partial charge in [-0.25, -0.2) is 4.98 Å². The predicted molar refractivity (Wildman–Crippen MR) is 160 cm³/mol. The van der Waals surface area contributed by atoms with Crippen molar-refractivity contribution < 1.29 is 14.3 Å². The number of imidazole rings is 1. The summed E-state index contributed by atoms with van der Waals surface area (Å²) in [7, 11) is 0. The molecule has 3 aromatic rings. The van der Waals surface area contributed by atoms with Crippen molar-refractivity contribution >= 4 is 17.0 Å². The Hall–Kier alpha value is -2.70. The minimum Gasteiger partial charge on any atom is -0.464 e. The van der Waals surface area contributed by atoms with Crippen molar-refractivity contribution in [3.05, 3.63) is 65.5 Å². The van der Waals surface area contributed by atoms with Crippen LogP contribution in [0.4, 0.5) is 0 Å². The van der Waals surface area contributed by atoms with Gasteiger partial charge in [0.2, 0.25) is 0 Å². The van der Waals surface area contributed by atoms with Crippen molar-refractivity contribution in [1.82, 2.24) is 14.9 Å². The number of hydrogen-bond donors (Lipinski definition) is 1. The number of esters is 1. The van der Waals surface area contributed by atoms with Crippen LogP contribution in [0.1, 0.15) is 84.2 Å². The first-order valence-corrected chi connectivity index (χ1v) is 14.6. The highest BCUT2D eigenvalue weighted by Crippen LogP contribution is 2.28. The third kappa shape index (κ3) is 8.64. The van der Waals surface area contributed by atoms with Crippen molar-refractivity contribution in [3.8, 4) is 0 Å². The minimum atomic E-state index is -0.670. The van der Waals surface area contributed by atoms with Crippen LogP contribution in [0.3, 0.4) is 0 Å². The molecule has 6 nitrogen and oxygen atoms in total. The molecule has 1 unspecified atom stereocenters. The molecule has 6 heteroatoms.